The first-order valence-corrected chi connectivity index (χ1v) is 6.71. The number of anilines is 1. The first-order valence-electron chi connectivity index (χ1n) is 6.71. The van der Waals surface area contributed by atoms with Crippen LogP contribution in [-0.4, -0.2) is 12.1 Å². The minimum absolute atomic E-state index is 0.00653. The van der Waals surface area contributed by atoms with Crippen LogP contribution < -0.4 is 10.6 Å². The number of carbonyl (C=O) groups excluding carboxylic acids is 1. The Morgan fingerprint density at radius 1 is 1.25 bits per heavy atom. The lowest BCUT2D eigenvalue weighted by molar-refractivity contribution is 0.248. The van der Waals surface area contributed by atoms with Crippen LogP contribution in [0.15, 0.2) is 41.0 Å². The molecule has 0 spiro atoms. The van der Waals surface area contributed by atoms with Crippen LogP contribution in [0.2, 0.25) is 0 Å². The Morgan fingerprint density at radius 2 is 1.95 bits per heavy atom. The second-order valence-electron chi connectivity index (χ2n) is 5.16. The third-order valence-corrected chi connectivity index (χ3v) is 2.94. The lowest BCUT2D eigenvalue weighted by Gasteiger charge is -2.14. The second kappa shape index (κ2) is 6.28. The summed E-state index contributed by atoms with van der Waals surface area (Å²) in [5.74, 6) is 0.865. The van der Waals surface area contributed by atoms with Crippen LogP contribution in [0.4, 0.5) is 10.5 Å². The van der Waals surface area contributed by atoms with Crippen molar-refractivity contribution in [2.45, 2.75) is 33.2 Å². The van der Waals surface area contributed by atoms with E-state index in [9.17, 15) is 4.79 Å². The summed E-state index contributed by atoms with van der Waals surface area (Å²) in [7, 11) is 0. The molecule has 1 aromatic carbocycles. The van der Waals surface area contributed by atoms with Gasteiger partial charge in [0, 0.05) is 18.2 Å². The fourth-order valence-corrected chi connectivity index (χ4v) is 2.22. The quantitative estimate of drug-likeness (QED) is 0.892. The molecule has 1 heterocycles. The highest BCUT2D eigenvalue weighted by Crippen LogP contribution is 2.13. The van der Waals surface area contributed by atoms with Crippen molar-refractivity contribution < 1.29 is 9.21 Å². The number of furan rings is 1. The highest BCUT2D eigenvalue weighted by atomic mass is 16.3. The van der Waals surface area contributed by atoms with E-state index in [1.54, 1.807) is 6.26 Å². The van der Waals surface area contributed by atoms with Gasteiger partial charge in [0.15, 0.2) is 0 Å². The summed E-state index contributed by atoms with van der Waals surface area (Å²) in [6, 6.07) is 9.52. The standard InChI is InChI=1S/C16H20N2O2/c1-11-7-12(2)9-14(8-11)18-16(19)17-13(3)10-15-5-4-6-20-15/h4-9,13H,10H2,1-3H3,(H2,17,18,19). The molecule has 0 aliphatic heterocycles. The first kappa shape index (κ1) is 14.2. The number of hydrogen-bond donors (Lipinski definition) is 2. The summed E-state index contributed by atoms with van der Waals surface area (Å²) in [6.07, 6.45) is 2.31. The summed E-state index contributed by atoms with van der Waals surface area (Å²) in [4.78, 5) is 11.9. The molecule has 106 valence electrons. The van der Waals surface area contributed by atoms with Crippen molar-refractivity contribution in [1.29, 1.82) is 0 Å². The summed E-state index contributed by atoms with van der Waals surface area (Å²) in [6.45, 7) is 5.97. The van der Waals surface area contributed by atoms with E-state index in [2.05, 4.69) is 16.7 Å². The van der Waals surface area contributed by atoms with Crippen LogP contribution >= 0.6 is 0 Å². The molecule has 2 amide bonds. The highest BCUT2D eigenvalue weighted by molar-refractivity contribution is 5.89. The number of amides is 2. The Balaban J connectivity index is 1.88. The molecule has 0 bridgehead atoms. The molecule has 0 aliphatic rings. The van der Waals surface area contributed by atoms with Gasteiger partial charge < -0.3 is 15.1 Å². The summed E-state index contributed by atoms with van der Waals surface area (Å²) in [5.41, 5.74) is 3.07. The molecule has 0 saturated carbocycles. The molecule has 4 nitrogen and oxygen atoms in total. The van der Waals surface area contributed by atoms with Crippen molar-refractivity contribution in [3.05, 3.63) is 53.5 Å². The maximum atomic E-state index is 11.9. The topological polar surface area (TPSA) is 54.3 Å². The molecule has 1 aromatic heterocycles. The van der Waals surface area contributed by atoms with Crippen molar-refractivity contribution in [1.82, 2.24) is 5.32 Å². The van der Waals surface area contributed by atoms with Crippen LogP contribution in [0, 0.1) is 13.8 Å². The van der Waals surface area contributed by atoms with Crippen LogP contribution in [-0.2, 0) is 6.42 Å². The normalized spacial score (nSPS) is 11.9. The average molecular weight is 272 g/mol. The molecule has 1 atom stereocenters. The SMILES string of the molecule is Cc1cc(C)cc(NC(=O)NC(C)Cc2ccco2)c1. The number of carbonyl (C=O) groups is 1. The fourth-order valence-electron chi connectivity index (χ4n) is 2.22. The predicted octanol–water partition coefficient (Wildman–Crippen LogP) is 3.65. The molecule has 2 aromatic rings. The van der Waals surface area contributed by atoms with E-state index in [1.807, 2.05) is 45.0 Å². The minimum Gasteiger partial charge on any atom is -0.469 e. The molecule has 1 unspecified atom stereocenters. The van der Waals surface area contributed by atoms with E-state index >= 15 is 0 Å². The van der Waals surface area contributed by atoms with Gasteiger partial charge in [0.25, 0.3) is 0 Å². The van der Waals surface area contributed by atoms with E-state index < -0.39 is 0 Å². The molecule has 0 saturated heterocycles. The Kier molecular flexibility index (Phi) is 4.45. The van der Waals surface area contributed by atoms with Gasteiger partial charge in [-0.2, -0.15) is 0 Å². The zero-order valence-electron chi connectivity index (χ0n) is 12.1. The molecular weight excluding hydrogens is 252 g/mol. The van der Waals surface area contributed by atoms with Crippen LogP contribution in [0.1, 0.15) is 23.8 Å². The van der Waals surface area contributed by atoms with Crippen molar-refractivity contribution in [3.63, 3.8) is 0 Å². The molecule has 4 heteroatoms. The first-order chi connectivity index (χ1) is 9.52. The largest absolute Gasteiger partial charge is 0.469 e. The third kappa shape index (κ3) is 4.16. The minimum atomic E-state index is -0.200. The summed E-state index contributed by atoms with van der Waals surface area (Å²) in [5, 5.41) is 5.75. The van der Waals surface area contributed by atoms with Gasteiger partial charge in [-0.3, -0.25) is 0 Å². The van der Waals surface area contributed by atoms with Gasteiger partial charge in [0.1, 0.15) is 5.76 Å². The van der Waals surface area contributed by atoms with E-state index in [0.29, 0.717) is 6.42 Å². The van der Waals surface area contributed by atoms with E-state index in [1.165, 1.54) is 0 Å². The number of benzene rings is 1. The van der Waals surface area contributed by atoms with Crippen molar-refractivity contribution in [2.24, 2.45) is 0 Å². The molecule has 2 rings (SSSR count). The second-order valence-corrected chi connectivity index (χ2v) is 5.16. The van der Waals surface area contributed by atoms with Crippen LogP contribution in [0.3, 0.4) is 0 Å². The maximum absolute atomic E-state index is 11.9. The molecule has 0 radical (unpaired) electrons. The van der Waals surface area contributed by atoms with E-state index in [0.717, 1.165) is 22.6 Å². The Labute approximate surface area is 119 Å². The van der Waals surface area contributed by atoms with Gasteiger partial charge in [0.2, 0.25) is 0 Å². The van der Waals surface area contributed by atoms with Gasteiger partial charge in [-0.25, -0.2) is 4.79 Å². The number of urea groups is 1. The van der Waals surface area contributed by atoms with Crippen molar-refractivity contribution in [3.8, 4) is 0 Å². The zero-order valence-corrected chi connectivity index (χ0v) is 12.1. The lowest BCUT2D eigenvalue weighted by Crippen LogP contribution is -2.37. The van der Waals surface area contributed by atoms with E-state index in [4.69, 9.17) is 4.42 Å². The predicted molar refractivity (Wildman–Crippen MR) is 79.9 cm³/mol. The van der Waals surface area contributed by atoms with Crippen molar-refractivity contribution >= 4 is 11.7 Å². The molecule has 0 fully saturated rings. The third-order valence-electron chi connectivity index (χ3n) is 2.94. The van der Waals surface area contributed by atoms with Gasteiger partial charge >= 0.3 is 6.03 Å². The lowest BCUT2D eigenvalue weighted by atomic mass is 10.1. The number of aryl methyl sites for hydroxylation is 2. The molecule has 0 aliphatic carbocycles. The van der Waals surface area contributed by atoms with Gasteiger partial charge in [-0.1, -0.05) is 6.07 Å². The average Bonchev–Trinajstić information content (AvgIpc) is 2.79. The zero-order chi connectivity index (χ0) is 14.5. The van der Waals surface area contributed by atoms with Crippen LogP contribution in [0.5, 0.6) is 0 Å². The van der Waals surface area contributed by atoms with Gasteiger partial charge in [-0.05, 0) is 56.2 Å². The number of rotatable bonds is 4. The van der Waals surface area contributed by atoms with Gasteiger partial charge in [0.05, 0.1) is 6.26 Å². The Bertz CT molecular complexity index is 556. The molecular formula is C16H20N2O2. The Hall–Kier alpha value is -2.23. The van der Waals surface area contributed by atoms with Crippen LogP contribution in [0.25, 0.3) is 0 Å². The van der Waals surface area contributed by atoms with Crippen molar-refractivity contribution in [2.75, 3.05) is 5.32 Å². The molecule has 2 N–H and O–H groups in total. The van der Waals surface area contributed by atoms with E-state index in [-0.39, 0.29) is 12.1 Å². The number of nitrogens with one attached hydrogen (secondary N) is 2. The fraction of sp³-hybridized carbons (Fsp3) is 0.312. The number of hydrogen-bond acceptors (Lipinski definition) is 2. The highest BCUT2D eigenvalue weighted by Gasteiger charge is 2.09. The summed E-state index contributed by atoms with van der Waals surface area (Å²) >= 11 is 0. The monoisotopic (exact) mass is 272 g/mol. The summed E-state index contributed by atoms with van der Waals surface area (Å²) < 4.78 is 5.26. The Morgan fingerprint density at radius 3 is 2.55 bits per heavy atom. The van der Waals surface area contributed by atoms with Gasteiger partial charge in [-0.15, -0.1) is 0 Å². The molecule has 20 heavy (non-hydrogen) atoms. The maximum Gasteiger partial charge on any atom is 0.319 e. The smallest absolute Gasteiger partial charge is 0.319 e.